The van der Waals surface area contributed by atoms with Crippen LogP contribution < -0.4 is 0 Å². The second kappa shape index (κ2) is 19.7. The van der Waals surface area contributed by atoms with Gasteiger partial charge in [0.2, 0.25) is 0 Å². The lowest BCUT2D eigenvalue weighted by atomic mass is 9.83. The molecule has 12 heteroatoms. The van der Waals surface area contributed by atoms with Crippen LogP contribution in [0.1, 0.15) is 99.8 Å². The van der Waals surface area contributed by atoms with Crippen molar-refractivity contribution in [2.24, 2.45) is 11.8 Å². The predicted octanol–water partition coefficient (Wildman–Crippen LogP) is 9.67. The van der Waals surface area contributed by atoms with E-state index >= 15 is 0 Å². The van der Waals surface area contributed by atoms with Gasteiger partial charge < -0.3 is 32.9 Å². The van der Waals surface area contributed by atoms with E-state index < -0.39 is 50.7 Å². The van der Waals surface area contributed by atoms with E-state index in [-0.39, 0.29) is 58.9 Å². The summed E-state index contributed by atoms with van der Waals surface area (Å²) in [5.74, 6) is -0.324. The highest BCUT2D eigenvalue weighted by Crippen LogP contribution is 2.44. The van der Waals surface area contributed by atoms with Gasteiger partial charge in [0.05, 0.1) is 66.1 Å². The highest BCUT2D eigenvalue weighted by Gasteiger charge is 2.50. The van der Waals surface area contributed by atoms with Gasteiger partial charge >= 0.3 is 0 Å². The van der Waals surface area contributed by atoms with E-state index in [1.807, 2.05) is 6.07 Å². The standard InChI is InChI=1S/C45H78O9SSi2/c1-31-25-35(22-23-39-32(2)26-34(51-39)19-18-24-46)52-40(33(31)3)28-41-38(30-55(47,48)37-20-16-15-17-21-37)43(49-10)42(53-41)27-36(54-57(13,14)45(7,8)9)29-50-56(11,12)44(4,5)6/h15-17,20-21,31,34-36,38-43,46H,2-3,18-19,22-30H2,1,4-14H3/t31-,34?,35+,36?,38+,39?,40?,41?,42?,43-/m1/s1. The number of benzene rings is 1. The van der Waals surface area contributed by atoms with Gasteiger partial charge in [0.25, 0.3) is 0 Å². The fraction of sp³-hybridized carbons (Fsp3) is 0.778. The Morgan fingerprint density at radius 1 is 0.877 bits per heavy atom. The van der Waals surface area contributed by atoms with Gasteiger partial charge in [0.1, 0.15) is 0 Å². The summed E-state index contributed by atoms with van der Waals surface area (Å²) in [6.07, 6.45) is 4.12. The minimum Gasteiger partial charge on any atom is -0.414 e. The lowest BCUT2D eigenvalue weighted by Crippen LogP contribution is -2.49. The fourth-order valence-electron chi connectivity index (χ4n) is 8.08. The van der Waals surface area contributed by atoms with Crippen molar-refractivity contribution < 1.29 is 41.3 Å². The third-order valence-corrected chi connectivity index (χ3v) is 24.7. The molecule has 3 fully saturated rings. The Morgan fingerprint density at radius 3 is 2.11 bits per heavy atom. The van der Waals surface area contributed by atoms with Crippen LogP contribution in [0.2, 0.25) is 36.3 Å². The number of hydrogen-bond acceptors (Lipinski definition) is 9. The number of ether oxygens (including phenoxy) is 4. The molecule has 6 unspecified atom stereocenters. The van der Waals surface area contributed by atoms with Gasteiger partial charge in [-0.1, -0.05) is 79.8 Å². The second-order valence-corrected chi connectivity index (χ2v) is 31.8. The zero-order valence-electron chi connectivity index (χ0n) is 37.5. The first-order valence-corrected chi connectivity index (χ1v) is 28.9. The third kappa shape index (κ3) is 12.7. The number of rotatable bonds is 19. The smallest absolute Gasteiger partial charge is 0.192 e. The van der Waals surface area contributed by atoms with E-state index in [2.05, 4.69) is 87.8 Å². The molecule has 3 aliphatic rings. The van der Waals surface area contributed by atoms with E-state index in [4.69, 9.17) is 27.8 Å². The normalized spacial score (nSPS) is 29.9. The maximum Gasteiger partial charge on any atom is 0.192 e. The van der Waals surface area contributed by atoms with Crippen molar-refractivity contribution in [1.29, 1.82) is 0 Å². The van der Waals surface area contributed by atoms with Gasteiger partial charge in [0.15, 0.2) is 26.5 Å². The highest BCUT2D eigenvalue weighted by atomic mass is 32.2. The average molecular weight is 851 g/mol. The molecule has 0 aliphatic carbocycles. The topological polar surface area (TPSA) is 110 Å². The maximum absolute atomic E-state index is 14.1. The molecule has 0 aromatic heterocycles. The largest absolute Gasteiger partial charge is 0.414 e. The first kappa shape index (κ1) is 48.5. The zero-order chi connectivity index (χ0) is 42.6. The Balaban J connectivity index is 1.59. The van der Waals surface area contributed by atoms with Crippen LogP contribution in [0.3, 0.4) is 0 Å². The van der Waals surface area contributed by atoms with Gasteiger partial charge in [0, 0.05) is 32.5 Å². The summed E-state index contributed by atoms with van der Waals surface area (Å²) in [6, 6.07) is 8.68. The average Bonchev–Trinajstić information content (AvgIpc) is 3.63. The molecule has 0 spiro atoms. The molecule has 3 heterocycles. The fourth-order valence-corrected chi connectivity index (χ4v) is 12.1. The summed E-state index contributed by atoms with van der Waals surface area (Å²) in [4.78, 5) is 0.297. The van der Waals surface area contributed by atoms with E-state index in [1.165, 1.54) is 0 Å². The first-order chi connectivity index (χ1) is 26.4. The van der Waals surface area contributed by atoms with Crippen LogP contribution in [0.5, 0.6) is 0 Å². The summed E-state index contributed by atoms with van der Waals surface area (Å²) in [6.45, 7) is 34.2. The number of aliphatic hydroxyl groups is 1. The SMILES string of the molecule is C=C1CC(CCCO)OC1CC[C@H]1C[C@@H](C)C(=C)C(CC2OC(CC(CO[Si](C)(C)C(C)(C)C)O[Si](C)(C)C(C)(C)C)[C@H](OC)[C@H]2CS(=O)(=O)c2ccccc2)O1. The maximum atomic E-state index is 14.1. The molecule has 1 N–H and O–H groups in total. The quantitative estimate of drug-likeness (QED) is 0.108. The molecule has 1 aromatic rings. The van der Waals surface area contributed by atoms with Gasteiger partial charge in [-0.15, -0.1) is 0 Å². The summed E-state index contributed by atoms with van der Waals surface area (Å²) < 4.78 is 68.6. The van der Waals surface area contributed by atoms with Crippen molar-refractivity contribution in [1.82, 2.24) is 0 Å². The van der Waals surface area contributed by atoms with Crippen molar-refractivity contribution in [3.8, 4) is 0 Å². The Kier molecular flexibility index (Phi) is 16.7. The van der Waals surface area contributed by atoms with E-state index in [9.17, 15) is 13.5 Å². The van der Waals surface area contributed by atoms with Gasteiger partial charge in [-0.3, -0.25) is 0 Å². The molecule has 326 valence electrons. The van der Waals surface area contributed by atoms with E-state index in [1.54, 1.807) is 31.4 Å². The van der Waals surface area contributed by atoms with Crippen LogP contribution in [0.15, 0.2) is 59.5 Å². The monoisotopic (exact) mass is 850 g/mol. The Morgan fingerprint density at radius 2 is 1.51 bits per heavy atom. The van der Waals surface area contributed by atoms with Crippen molar-refractivity contribution in [3.63, 3.8) is 0 Å². The Hall–Kier alpha value is -1.20. The zero-order valence-corrected chi connectivity index (χ0v) is 40.3. The summed E-state index contributed by atoms with van der Waals surface area (Å²) in [7, 11) is -6.35. The number of aliphatic hydroxyl groups excluding tert-OH is 1. The minimum atomic E-state index is -3.68. The molecule has 0 radical (unpaired) electrons. The molecule has 0 bridgehead atoms. The predicted molar refractivity (Wildman–Crippen MR) is 235 cm³/mol. The number of methoxy groups -OCH3 is 1. The molecular weight excluding hydrogens is 773 g/mol. The van der Waals surface area contributed by atoms with Crippen LogP contribution in [0, 0.1) is 11.8 Å². The summed E-state index contributed by atoms with van der Waals surface area (Å²) >= 11 is 0. The van der Waals surface area contributed by atoms with Crippen LogP contribution in [0.25, 0.3) is 0 Å². The Bertz CT molecular complexity index is 1570. The first-order valence-electron chi connectivity index (χ1n) is 21.4. The summed E-state index contributed by atoms with van der Waals surface area (Å²) in [5.41, 5.74) is 2.14. The molecule has 3 saturated heterocycles. The molecule has 4 rings (SSSR count). The molecular formula is C45H78O9SSi2. The lowest BCUT2D eigenvalue weighted by Gasteiger charge is -2.42. The number of sulfone groups is 1. The molecule has 0 saturated carbocycles. The van der Waals surface area contributed by atoms with Gasteiger partial charge in [-0.25, -0.2) is 8.42 Å². The molecule has 3 aliphatic heterocycles. The van der Waals surface area contributed by atoms with Crippen molar-refractivity contribution in [2.75, 3.05) is 26.1 Å². The van der Waals surface area contributed by atoms with Crippen LogP contribution in [-0.2, 0) is 37.6 Å². The highest BCUT2D eigenvalue weighted by molar-refractivity contribution is 7.91. The minimum absolute atomic E-state index is 0.000157. The lowest BCUT2D eigenvalue weighted by molar-refractivity contribution is -0.0782. The molecule has 0 amide bonds. The van der Waals surface area contributed by atoms with E-state index in [0.717, 1.165) is 49.7 Å². The van der Waals surface area contributed by atoms with Gasteiger partial charge in [-0.05, 0) is 104 Å². The van der Waals surface area contributed by atoms with E-state index in [0.29, 0.717) is 24.3 Å². The number of hydrogen-bond donors (Lipinski definition) is 1. The molecule has 10 atom stereocenters. The van der Waals surface area contributed by atoms with Crippen LogP contribution >= 0.6 is 0 Å². The van der Waals surface area contributed by atoms with Gasteiger partial charge in [-0.2, -0.15) is 0 Å². The van der Waals surface area contributed by atoms with Crippen LogP contribution in [-0.4, -0.2) is 105 Å². The molecule has 57 heavy (non-hydrogen) atoms. The summed E-state index contributed by atoms with van der Waals surface area (Å²) in [5, 5.41) is 9.32. The van der Waals surface area contributed by atoms with Crippen LogP contribution in [0.4, 0.5) is 0 Å². The van der Waals surface area contributed by atoms with Crippen molar-refractivity contribution in [2.45, 2.75) is 190 Å². The Labute approximate surface area is 348 Å². The third-order valence-electron chi connectivity index (χ3n) is 13.8. The second-order valence-electron chi connectivity index (χ2n) is 20.2. The molecule has 1 aromatic carbocycles. The van der Waals surface area contributed by atoms with Crippen molar-refractivity contribution >= 4 is 26.5 Å². The van der Waals surface area contributed by atoms with Crippen molar-refractivity contribution in [3.05, 3.63) is 54.6 Å². The molecule has 9 nitrogen and oxygen atoms in total.